The van der Waals surface area contributed by atoms with E-state index in [0.29, 0.717) is 0 Å². The monoisotopic (exact) mass is 242 g/mol. The lowest BCUT2D eigenvalue weighted by Crippen LogP contribution is -2.39. The Balaban J connectivity index is 1.83. The minimum Gasteiger partial charge on any atom is -0.380 e. The zero-order valence-electron chi connectivity index (χ0n) is 11.7. The predicted molar refractivity (Wildman–Crippen MR) is 73.4 cm³/mol. The molecule has 0 radical (unpaired) electrons. The molecule has 0 aromatic carbocycles. The van der Waals surface area contributed by atoms with Crippen LogP contribution in [-0.2, 0) is 4.74 Å². The molecule has 3 nitrogen and oxygen atoms in total. The second-order valence-electron chi connectivity index (χ2n) is 5.26. The van der Waals surface area contributed by atoms with E-state index >= 15 is 0 Å². The molecule has 0 bridgehead atoms. The van der Waals surface area contributed by atoms with E-state index < -0.39 is 0 Å². The van der Waals surface area contributed by atoms with Crippen LogP contribution in [0.3, 0.4) is 0 Å². The first-order chi connectivity index (χ1) is 8.33. The number of likely N-dealkylation sites (tertiary alicyclic amines) is 1. The van der Waals surface area contributed by atoms with Gasteiger partial charge in [-0.05, 0) is 31.7 Å². The first-order valence-electron chi connectivity index (χ1n) is 7.33. The minimum atomic E-state index is 0.858. The predicted octanol–water partition coefficient (Wildman–Crippen LogP) is 2.12. The van der Waals surface area contributed by atoms with Gasteiger partial charge in [-0.1, -0.05) is 20.3 Å². The molecule has 1 aliphatic heterocycles. The fourth-order valence-electron chi connectivity index (χ4n) is 2.34. The van der Waals surface area contributed by atoms with Gasteiger partial charge in [0.15, 0.2) is 0 Å². The van der Waals surface area contributed by atoms with E-state index in [1.807, 2.05) is 0 Å². The molecule has 0 aromatic rings. The van der Waals surface area contributed by atoms with Crippen LogP contribution in [0.25, 0.3) is 0 Å². The highest BCUT2D eigenvalue weighted by Gasteiger charge is 2.14. The third-order valence-electron chi connectivity index (χ3n) is 3.41. The number of ether oxygens (including phenoxy) is 1. The lowest BCUT2D eigenvalue weighted by molar-refractivity contribution is 0.131. The topological polar surface area (TPSA) is 24.5 Å². The van der Waals surface area contributed by atoms with Crippen molar-refractivity contribution >= 4 is 0 Å². The molecule has 0 aromatic heterocycles. The summed E-state index contributed by atoms with van der Waals surface area (Å²) in [6.45, 7) is 12.2. The number of hydrogen-bond donors (Lipinski definition) is 1. The summed E-state index contributed by atoms with van der Waals surface area (Å²) in [4.78, 5) is 2.58. The molecular formula is C14H30N2O. The van der Waals surface area contributed by atoms with E-state index in [-0.39, 0.29) is 0 Å². The van der Waals surface area contributed by atoms with Gasteiger partial charge in [0.1, 0.15) is 0 Å². The van der Waals surface area contributed by atoms with Gasteiger partial charge in [-0.25, -0.2) is 0 Å². The largest absolute Gasteiger partial charge is 0.380 e. The van der Waals surface area contributed by atoms with E-state index in [1.165, 1.54) is 45.3 Å². The van der Waals surface area contributed by atoms with Crippen molar-refractivity contribution < 1.29 is 4.74 Å². The molecule has 1 rings (SSSR count). The van der Waals surface area contributed by atoms with Crippen LogP contribution >= 0.6 is 0 Å². The van der Waals surface area contributed by atoms with Crippen molar-refractivity contribution in [1.82, 2.24) is 10.2 Å². The summed E-state index contributed by atoms with van der Waals surface area (Å²) in [6.07, 6.45) is 5.20. The Hall–Kier alpha value is -0.120. The molecule has 1 saturated heterocycles. The number of unbranched alkanes of at least 4 members (excludes halogenated alkanes) is 1. The molecule has 1 heterocycles. The van der Waals surface area contributed by atoms with E-state index in [4.69, 9.17) is 4.74 Å². The zero-order valence-corrected chi connectivity index (χ0v) is 11.7. The van der Waals surface area contributed by atoms with Crippen LogP contribution in [0.15, 0.2) is 0 Å². The molecular weight excluding hydrogens is 212 g/mol. The molecule has 17 heavy (non-hydrogen) atoms. The van der Waals surface area contributed by atoms with Gasteiger partial charge in [-0.2, -0.15) is 0 Å². The average molecular weight is 242 g/mol. The fourth-order valence-corrected chi connectivity index (χ4v) is 2.34. The molecule has 1 fully saturated rings. The number of piperidine rings is 1. The molecule has 1 N–H and O–H groups in total. The highest BCUT2D eigenvalue weighted by atomic mass is 16.5. The SMILES string of the molecule is CCCCOCCNCCN1CCCC(C)C1. The molecule has 1 atom stereocenters. The summed E-state index contributed by atoms with van der Waals surface area (Å²) < 4.78 is 5.51. The lowest BCUT2D eigenvalue weighted by atomic mass is 10.0. The minimum absolute atomic E-state index is 0.858. The van der Waals surface area contributed by atoms with Crippen LogP contribution in [0.5, 0.6) is 0 Å². The van der Waals surface area contributed by atoms with Crippen LogP contribution < -0.4 is 5.32 Å². The van der Waals surface area contributed by atoms with Crippen molar-refractivity contribution in [3.05, 3.63) is 0 Å². The van der Waals surface area contributed by atoms with Gasteiger partial charge in [-0.15, -0.1) is 0 Å². The van der Waals surface area contributed by atoms with E-state index in [0.717, 1.165) is 32.2 Å². The smallest absolute Gasteiger partial charge is 0.0590 e. The maximum Gasteiger partial charge on any atom is 0.0590 e. The molecule has 0 spiro atoms. The highest BCUT2D eigenvalue weighted by Crippen LogP contribution is 2.14. The normalized spacial score (nSPS) is 21.9. The van der Waals surface area contributed by atoms with E-state index in [2.05, 4.69) is 24.1 Å². The van der Waals surface area contributed by atoms with Crippen molar-refractivity contribution in [1.29, 1.82) is 0 Å². The van der Waals surface area contributed by atoms with Crippen molar-refractivity contribution in [2.24, 2.45) is 5.92 Å². The highest BCUT2D eigenvalue weighted by molar-refractivity contribution is 4.70. The van der Waals surface area contributed by atoms with Crippen LogP contribution in [0.1, 0.15) is 39.5 Å². The maximum absolute atomic E-state index is 5.51. The molecule has 0 amide bonds. The summed E-state index contributed by atoms with van der Waals surface area (Å²) in [5, 5.41) is 3.46. The number of rotatable bonds is 9. The van der Waals surface area contributed by atoms with Gasteiger partial charge in [0.05, 0.1) is 6.61 Å². The fraction of sp³-hybridized carbons (Fsp3) is 1.00. The third kappa shape index (κ3) is 7.74. The quantitative estimate of drug-likeness (QED) is 0.627. The molecule has 102 valence electrons. The standard InChI is InChI=1S/C14H30N2O/c1-3-4-11-17-12-8-15-7-10-16-9-5-6-14(2)13-16/h14-15H,3-13H2,1-2H3. The molecule has 1 aliphatic rings. The van der Waals surface area contributed by atoms with E-state index in [1.54, 1.807) is 0 Å². The average Bonchev–Trinajstić information content (AvgIpc) is 2.33. The summed E-state index contributed by atoms with van der Waals surface area (Å²) in [6, 6.07) is 0. The van der Waals surface area contributed by atoms with E-state index in [9.17, 15) is 0 Å². The van der Waals surface area contributed by atoms with Crippen LogP contribution in [0.4, 0.5) is 0 Å². The third-order valence-corrected chi connectivity index (χ3v) is 3.41. The van der Waals surface area contributed by atoms with Crippen molar-refractivity contribution in [3.63, 3.8) is 0 Å². The van der Waals surface area contributed by atoms with Gasteiger partial charge in [0.2, 0.25) is 0 Å². The summed E-state index contributed by atoms with van der Waals surface area (Å²) in [5.74, 6) is 0.890. The Bertz CT molecular complexity index is 176. The summed E-state index contributed by atoms with van der Waals surface area (Å²) in [7, 11) is 0. The second-order valence-corrected chi connectivity index (χ2v) is 5.26. The van der Waals surface area contributed by atoms with Gasteiger partial charge < -0.3 is 15.0 Å². The number of nitrogens with one attached hydrogen (secondary N) is 1. The maximum atomic E-state index is 5.51. The zero-order chi connectivity index (χ0) is 12.3. The van der Waals surface area contributed by atoms with Crippen molar-refractivity contribution in [2.45, 2.75) is 39.5 Å². The van der Waals surface area contributed by atoms with Gasteiger partial charge in [-0.3, -0.25) is 0 Å². The van der Waals surface area contributed by atoms with Crippen molar-refractivity contribution in [2.75, 3.05) is 45.9 Å². The number of nitrogens with zero attached hydrogens (tertiary/aromatic N) is 1. The molecule has 3 heteroatoms. The Labute approximate surface area is 107 Å². The molecule has 0 aliphatic carbocycles. The van der Waals surface area contributed by atoms with Crippen LogP contribution in [0.2, 0.25) is 0 Å². The molecule has 1 unspecified atom stereocenters. The molecule has 0 saturated carbocycles. The van der Waals surface area contributed by atoms with Gasteiger partial charge in [0.25, 0.3) is 0 Å². The van der Waals surface area contributed by atoms with Gasteiger partial charge >= 0.3 is 0 Å². The Morgan fingerprint density at radius 2 is 2.18 bits per heavy atom. The Kier molecular flexibility index (Phi) is 8.67. The second kappa shape index (κ2) is 9.86. The summed E-state index contributed by atoms with van der Waals surface area (Å²) in [5.41, 5.74) is 0. The van der Waals surface area contributed by atoms with Gasteiger partial charge in [0, 0.05) is 32.8 Å². The Morgan fingerprint density at radius 3 is 2.94 bits per heavy atom. The lowest BCUT2D eigenvalue weighted by Gasteiger charge is -2.30. The van der Waals surface area contributed by atoms with Crippen LogP contribution in [0, 0.1) is 5.92 Å². The first kappa shape index (κ1) is 14.9. The van der Waals surface area contributed by atoms with Crippen molar-refractivity contribution in [3.8, 4) is 0 Å². The summed E-state index contributed by atoms with van der Waals surface area (Å²) >= 11 is 0. The number of hydrogen-bond acceptors (Lipinski definition) is 3. The Morgan fingerprint density at radius 1 is 1.29 bits per heavy atom. The van der Waals surface area contributed by atoms with Crippen LogP contribution in [-0.4, -0.2) is 50.8 Å². The first-order valence-corrected chi connectivity index (χ1v) is 7.33.